The van der Waals surface area contributed by atoms with E-state index >= 15 is 0 Å². The Kier molecular flexibility index (Phi) is 7.57. The van der Waals surface area contributed by atoms with Gasteiger partial charge in [0.05, 0.1) is 22.7 Å². The summed E-state index contributed by atoms with van der Waals surface area (Å²) in [6.45, 7) is -0.243. The van der Waals surface area contributed by atoms with Crippen molar-refractivity contribution in [2.24, 2.45) is 0 Å². The lowest BCUT2D eigenvalue weighted by atomic mass is 10.2. The molecule has 33 heavy (non-hydrogen) atoms. The van der Waals surface area contributed by atoms with Crippen LogP contribution in [0.25, 0.3) is 0 Å². The minimum Gasteiger partial charge on any atom is -0.493 e. The van der Waals surface area contributed by atoms with Gasteiger partial charge in [0.1, 0.15) is 0 Å². The van der Waals surface area contributed by atoms with Crippen LogP contribution in [0.4, 0.5) is 11.4 Å². The topological polar surface area (TPSA) is 111 Å². The number of halogens is 1. The fraction of sp³-hybridized carbons (Fsp3) is 0.130. The molecule has 0 heterocycles. The number of anilines is 2. The zero-order chi connectivity index (χ0) is 24.0. The number of amides is 2. The van der Waals surface area contributed by atoms with Crippen molar-refractivity contribution in [3.8, 4) is 11.5 Å². The van der Waals surface area contributed by atoms with Crippen molar-refractivity contribution in [1.82, 2.24) is 0 Å². The van der Waals surface area contributed by atoms with Gasteiger partial charge in [-0.15, -0.1) is 0 Å². The van der Waals surface area contributed by atoms with Crippen LogP contribution < -0.4 is 20.1 Å². The third-order valence-corrected chi connectivity index (χ3v) is 5.88. The van der Waals surface area contributed by atoms with Gasteiger partial charge in [-0.3, -0.25) is 9.59 Å². The minimum absolute atomic E-state index is 0.0367. The molecule has 0 aliphatic rings. The molecule has 172 valence electrons. The molecule has 0 aliphatic carbocycles. The molecule has 0 aromatic heterocycles. The zero-order valence-corrected chi connectivity index (χ0v) is 19.4. The molecule has 3 aromatic carbocycles. The highest BCUT2D eigenvalue weighted by molar-refractivity contribution is 7.90. The van der Waals surface area contributed by atoms with E-state index in [2.05, 4.69) is 10.6 Å². The van der Waals surface area contributed by atoms with E-state index in [0.29, 0.717) is 22.9 Å². The summed E-state index contributed by atoms with van der Waals surface area (Å²) in [6, 6.07) is 17.2. The summed E-state index contributed by atoms with van der Waals surface area (Å²) < 4.78 is 34.1. The van der Waals surface area contributed by atoms with Crippen LogP contribution in [0.2, 0.25) is 5.02 Å². The zero-order valence-electron chi connectivity index (χ0n) is 17.8. The normalized spacial score (nSPS) is 10.9. The van der Waals surface area contributed by atoms with E-state index in [0.717, 1.165) is 6.26 Å². The number of rotatable bonds is 8. The Balaban J connectivity index is 1.63. The van der Waals surface area contributed by atoms with Gasteiger partial charge in [0.25, 0.3) is 11.8 Å². The number of hydrogen-bond acceptors (Lipinski definition) is 6. The molecule has 0 saturated heterocycles. The predicted molar refractivity (Wildman–Crippen MR) is 126 cm³/mol. The van der Waals surface area contributed by atoms with Crippen molar-refractivity contribution in [2.45, 2.75) is 4.90 Å². The first-order valence-electron chi connectivity index (χ1n) is 9.64. The van der Waals surface area contributed by atoms with Crippen molar-refractivity contribution >= 4 is 44.6 Å². The first-order valence-corrected chi connectivity index (χ1v) is 11.9. The van der Waals surface area contributed by atoms with Crippen LogP contribution in [0, 0.1) is 0 Å². The molecule has 0 unspecified atom stereocenters. The Bertz CT molecular complexity index is 1290. The van der Waals surface area contributed by atoms with Gasteiger partial charge in [0.2, 0.25) is 0 Å². The summed E-state index contributed by atoms with van der Waals surface area (Å²) in [6.07, 6.45) is 1.06. The molecule has 0 atom stereocenters. The molecule has 8 nitrogen and oxygen atoms in total. The fourth-order valence-electron chi connectivity index (χ4n) is 2.84. The third-order valence-electron chi connectivity index (χ3n) is 4.45. The van der Waals surface area contributed by atoms with Crippen molar-refractivity contribution in [3.63, 3.8) is 0 Å². The van der Waals surface area contributed by atoms with Crippen LogP contribution in [0.3, 0.4) is 0 Å². The smallest absolute Gasteiger partial charge is 0.262 e. The average molecular weight is 489 g/mol. The van der Waals surface area contributed by atoms with Crippen molar-refractivity contribution in [1.29, 1.82) is 0 Å². The van der Waals surface area contributed by atoms with Crippen LogP contribution in [-0.2, 0) is 14.6 Å². The number of hydrogen-bond donors (Lipinski definition) is 2. The predicted octanol–water partition coefficient (Wildman–Crippen LogP) is 4.02. The third kappa shape index (κ3) is 6.47. The maximum Gasteiger partial charge on any atom is 0.262 e. The fourth-order valence-corrected chi connectivity index (χ4v) is 3.73. The highest BCUT2D eigenvalue weighted by Crippen LogP contribution is 2.27. The summed E-state index contributed by atoms with van der Waals surface area (Å²) in [5.74, 6) is 0.0115. The van der Waals surface area contributed by atoms with E-state index in [-0.39, 0.29) is 22.1 Å². The molecule has 0 aliphatic heterocycles. The monoisotopic (exact) mass is 488 g/mol. The van der Waals surface area contributed by atoms with E-state index in [1.165, 1.54) is 43.5 Å². The molecule has 10 heteroatoms. The molecular weight excluding hydrogens is 468 g/mol. The molecule has 0 spiro atoms. The molecule has 0 bridgehead atoms. The van der Waals surface area contributed by atoms with Gasteiger partial charge in [0, 0.05) is 17.5 Å². The van der Waals surface area contributed by atoms with Crippen molar-refractivity contribution in [2.75, 3.05) is 30.6 Å². The number of carbonyl (C=O) groups is 2. The Morgan fingerprint density at radius 2 is 1.67 bits per heavy atom. The molecule has 0 radical (unpaired) electrons. The summed E-state index contributed by atoms with van der Waals surface area (Å²) in [7, 11) is -1.94. The second-order valence-corrected chi connectivity index (χ2v) is 9.36. The largest absolute Gasteiger partial charge is 0.493 e. The number of carbonyl (C=O) groups excluding carboxylic acids is 2. The lowest BCUT2D eigenvalue weighted by Gasteiger charge is -2.12. The Hall–Kier alpha value is -3.56. The Labute approximate surface area is 196 Å². The second kappa shape index (κ2) is 10.4. The van der Waals surface area contributed by atoms with Gasteiger partial charge in [-0.05, 0) is 48.5 Å². The van der Waals surface area contributed by atoms with E-state index in [1.807, 2.05) is 0 Å². The molecule has 3 aromatic rings. The highest BCUT2D eigenvalue weighted by atomic mass is 35.5. The van der Waals surface area contributed by atoms with Crippen molar-refractivity contribution < 1.29 is 27.5 Å². The quantitative estimate of drug-likeness (QED) is 0.495. The van der Waals surface area contributed by atoms with Gasteiger partial charge < -0.3 is 20.1 Å². The van der Waals surface area contributed by atoms with Gasteiger partial charge in [0.15, 0.2) is 27.9 Å². The number of sulfone groups is 1. The molecule has 2 amide bonds. The lowest BCUT2D eigenvalue weighted by molar-refractivity contribution is -0.118. The molecule has 0 saturated carbocycles. The van der Waals surface area contributed by atoms with Crippen LogP contribution in [0.15, 0.2) is 71.6 Å². The first-order chi connectivity index (χ1) is 15.7. The van der Waals surface area contributed by atoms with Crippen LogP contribution in [-0.4, -0.2) is 40.2 Å². The van der Waals surface area contributed by atoms with E-state index < -0.39 is 21.7 Å². The van der Waals surface area contributed by atoms with Gasteiger partial charge in [-0.1, -0.05) is 29.8 Å². The number of nitrogens with one attached hydrogen (secondary N) is 2. The molecular formula is C23H21ClN2O6S. The number of ether oxygens (including phenoxy) is 2. The van der Waals surface area contributed by atoms with E-state index in [1.54, 1.807) is 30.3 Å². The van der Waals surface area contributed by atoms with Crippen LogP contribution in [0.1, 0.15) is 10.4 Å². The summed E-state index contributed by atoms with van der Waals surface area (Å²) in [5, 5.41) is 5.47. The standard InChI is InChI=1S/C23H21ClN2O6S/c1-31-20-8-3-4-9-21(20)32-14-22(27)25-16-10-11-19(18(24)13-16)26-23(28)15-6-5-7-17(12-15)33(2,29)30/h3-13H,14H2,1-2H3,(H,25,27)(H,26,28). The number of methoxy groups -OCH3 is 1. The SMILES string of the molecule is COc1ccccc1OCC(=O)Nc1ccc(NC(=O)c2cccc(S(C)(=O)=O)c2)c(Cl)c1. The summed E-state index contributed by atoms with van der Waals surface area (Å²) >= 11 is 6.25. The maximum absolute atomic E-state index is 12.5. The Morgan fingerprint density at radius 3 is 2.33 bits per heavy atom. The molecule has 0 fully saturated rings. The van der Waals surface area contributed by atoms with E-state index in [4.69, 9.17) is 21.1 Å². The van der Waals surface area contributed by atoms with Crippen LogP contribution >= 0.6 is 11.6 Å². The molecule has 2 N–H and O–H groups in total. The van der Waals surface area contributed by atoms with Crippen LogP contribution in [0.5, 0.6) is 11.5 Å². The van der Waals surface area contributed by atoms with Gasteiger partial charge in [-0.2, -0.15) is 0 Å². The summed E-state index contributed by atoms with van der Waals surface area (Å²) in [4.78, 5) is 24.8. The average Bonchev–Trinajstić information content (AvgIpc) is 2.79. The summed E-state index contributed by atoms with van der Waals surface area (Å²) in [5.41, 5.74) is 0.875. The van der Waals surface area contributed by atoms with Gasteiger partial charge in [-0.25, -0.2) is 8.42 Å². The Morgan fingerprint density at radius 1 is 0.939 bits per heavy atom. The number of benzene rings is 3. The van der Waals surface area contributed by atoms with Gasteiger partial charge >= 0.3 is 0 Å². The number of para-hydroxylation sites is 2. The van der Waals surface area contributed by atoms with Crippen molar-refractivity contribution in [3.05, 3.63) is 77.3 Å². The highest BCUT2D eigenvalue weighted by Gasteiger charge is 2.14. The lowest BCUT2D eigenvalue weighted by Crippen LogP contribution is -2.20. The molecule has 3 rings (SSSR count). The van der Waals surface area contributed by atoms with E-state index in [9.17, 15) is 18.0 Å². The maximum atomic E-state index is 12.5. The second-order valence-electron chi connectivity index (χ2n) is 6.94. The first kappa shape index (κ1) is 24.1. The minimum atomic E-state index is -3.45.